The molecule has 0 unspecified atom stereocenters. The number of nitrogens with zero attached hydrogens (tertiary/aromatic N) is 3. The largest absolute Gasteiger partial charge is 0.425 e. The Kier molecular flexibility index (Phi) is 4.52. The van der Waals surface area contributed by atoms with Gasteiger partial charge in [0.2, 0.25) is 11.8 Å². The first-order valence-electron chi connectivity index (χ1n) is 8.95. The second kappa shape index (κ2) is 7.12. The summed E-state index contributed by atoms with van der Waals surface area (Å²) < 4.78 is 5.53. The number of hydrogen-bond donors (Lipinski definition) is 0. The van der Waals surface area contributed by atoms with Crippen molar-refractivity contribution in [3.63, 3.8) is 0 Å². The first-order chi connectivity index (χ1) is 12.7. The topological polar surface area (TPSA) is 59.2 Å². The molecule has 0 atom stereocenters. The second-order valence-corrected chi connectivity index (χ2v) is 6.67. The van der Waals surface area contributed by atoms with Crippen LogP contribution in [0.15, 0.2) is 59.0 Å². The molecule has 1 aliphatic heterocycles. The summed E-state index contributed by atoms with van der Waals surface area (Å²) in [5.41, 5.74) is 3.01. The van der Waals surface area contributed by atoms with Crippen LogP contribution in [0.25, 0.3) is 11.1 Å². The van der Waals surface area contributed by atoms with Crippen LogP contribution in [0, 0.1) is 6.92 Å². The van der Waals surface area contributed by atoms with Gasteiger partial charge in [-0.2, -0.15) is 0 Å². The summed E-state index contributed by atoms with van der Waals surface area (Å²) in [5, 5.41) is 8.02. The monoisotopic (exact) mass is 347 g/mol. The Morgan fingerprint density at radius 1 is 0.962 bits per heavy atom. The van der Waals surface area contributed by atoms with Crippen LogP contribution in [0.1, 0.15) is 40.9 Å². The van der Waals surface area contributed by atoms with Crippen LogP contribution in [-0.2, 0) is 0 Å². The van der Waals surface area contributed by atoms with Crippen LogP contribution in [0.4, 0.5) is 0 Å². The molecule has 0 aliphatic carbocycles. The zero-order chi connectivity index (χ0) is 17.9. The predicted octanol–water partition coefficient (Wildman–Crippen LogP) is 4.06. The lowest BCUT2D eigenvalue weighted by Gasteiger charge is -2.30. The first kappa shape index (κ1) is 16.5. The van der Waals surface area contributed by atoms with Gasteiger partial charge in [-0.05, 0) is 36.1 Å². The van der Waals surface area contributed by atoms with Gasteiger partial charge in [-0.25, -0.2) is 0 Å². The smallest absolute Gasteiger partial charge is 0.253 e. The maximum atomic E-state index is 12.8. The summed E-state index contributed by atoms with van der Waals surface area (Å²) in [5.74, 6) is 1.63. The molecule has 1 amide bonds. The number of carbonyl (C=O) groups is 1. The average Bonchev–Trinajstić information content (AvgIpc) is 3.15. The highest BCUT2D eigenvalue weighted by Crippen LogP contribution is 2.28. The van der Waals surface area contributed by atoms with Gasteiger partial charge in [0.15, 0.2) is 0 Å². The first-order valence-corrected chi connectivity index (χ1v) is 8.95. The van der Waals surface area contributed by atoms with Crippen molar-refractivity contribution in [3.8, 4) is 11.1 Å². The Bertz CT molecular complexity index is 879. The maximum Gasteiger partial charge on any atom is 0.253 e. The summed E-state index contributed by atoms with van der Waals surface area (Å²) in [7, 11) is 0. The van der Waals surface area contributed by atoms with Gasteiger partial charge in [-0.15, -0.1) is 10.2 Å². The molecule has 26 heavy (non-hydrogen) atoms. The fraction of sp³-hybridized carbons (Fsp3) is 0.286. The fourth-order valence-electron chi connectivity index (χ4n) is 3.42. The molecule has 1 aromatic heterocycles. The number of aryl methyl sites for hydroxylation is 1. The van der Waals surface area contributed by atoms with Crippen molar-refractivity contribution in [3.05, 3.63) is 71.9 Å². The number of hydrogen-bond acceptors (Lipinski definition) is 4. The van der Waals surface area contributed by atoms with E-state index < -0.39 is 0 Å². The van der Waals surface area contributed by atoms with Crippen LogP contribution < -0.4 is 0 Å². The molecule has 2 heterocycles. The van der Waals surface area contributed by atoms with E-state index in [2.05, 4.69) is 22.3 Å². The average molecular weight is 347 g/mol. The van der Waals surface area contributed by atoms with Gasteiger partial charge >= 0.3 is 0 Å². The van der Waals surface area contributed by atoms with E-state index in [9.17, 15) is 4.79 Å². The highest BCUT2D eigenvalue weighted by Gasteiger charge is 2.27. The lowest BCUT2D eigenvalue weighted by Crippen LogP contribution is -2.38. The molecule has 5 nitrogen and oxygen atoms in total. The zero-order valence-corrected chi connectivity index (χ0v) is 14.8. The van der Waals surface area contributed by atoms with Crippen molar-refractivity contribution >= 4 is 5.91 Å². The van der Waals surface area contributed by atoms with E-state index in [-0.39, 0.29) is 11.8 Å². The number of benzene rings is 2. The van der Waals surface area contributed by atoms with Crippen LogP contribution in [0.5, 0.6) is 0 Å². The predicted molar refractivity (Wildman–Crippen MR) is 98.8 cm³/mol. The fourth-order valence-corrected chi connectivity index (χ4v) is 3.42. The van der Waals surface area contributed by atoms with E-state index in [1.165, 1.54) is 0 Å². The lowest BCUT2D eigenvalue weighted by molar-refractivity contribution is 0.0706. The van der Waals surface area contributed by atoms with Gasteiger partial charge in [0, 0.05) is 31.5 Å². The number of aromatic nitrogens is 2. The molecule has 0 bridgehead atoms. The minimum absolute atomic E-state index is 0.0878. The van der Waals surface area contributed by atoms with Gasteiger partial charge in [-0.3, -0.25) is 4.79 Å². The third-order valence-electron chi connectivity index (χ3n) is 4.91. The Labute approximate surface area is 152 Å². The van der Waals surface area contributed by atoms with E-state index in [1.54, 1.807) is 6.92 Å². The maximum absolute atomic E-state index is 12.8. The molecule has 132 valence electrons. The quantitative estimate of drug-likeness (QED) is 0.717. The van der Waals surface area contributed by atoms with E-state index in [0.717, 1.165) is 29.5 Å². The number of piperidine rings is 1. The molecule has 1 fully saturated rings. The van der Waals surface area contributed by atoms with E-state index in [0.29, 0.717) is 24.9 Å². The molecule has 1 aliphatic rings. The summed E-state index contributed by atoms with van der Waals surface area (Å²) in [6, 6.07) is 18.0. The summed E-state index contributed by atoms with van der Waals surface area (Å²) in [4.78, 5) is 14.7. The van der Waals surface area contributed by atoms with Gasteiger partial charge in [0.05, 0.1) is 0 Å². The van der Waals surface area contributed by atoms with Gasteiger partial charge in [0.1, 0.15) is 0 Å². The molecule has 0 spiro atoms. The van der Waals surface area contributed by atoms with E-state index in [1.807, 2.05) is 47.4 Å². The molecule has 3 aromatic rings. The number of likely N-dealkylation sites (tertiary alicyclic amines) is 1. The molecule has 0 radical (unpaired) electrons. The van der Waals surface area contributed by atoms with Crippen molar-refractivity contribution in [2.45, 2.75) is 25.7 Å². The van der Waals surface area contributed by atoms with Crippen molar-refractivity contribution in [2.75, 3.05) is 13.1 Å². The normalized spacial score (nSPS) is 15.2. The van der Waals surface area contributed by atoms with Crippen molar-refractivity contribution in [1.29, 1.82) is 0 Å². The minimum Gasteiger partial charge on any atom is -0.425 e. The number of carbonyl (C=O) groups excluding carboxylic acids is 1. The minimum atomic E-state index is 0.0878. The summed E-state index contributed by atoms with van der Waals surface area (Å²) in [6.07, 6.45) is 1.71. The van der Waals surface area contributed by atoms with Gasteiger partial charge in [-0.1, -0.05) is 42.5 Å². The molecular formula is C21H21N3O2. The lowest BCUT2D eigenvalue weighted by atomic mass is 9.96. The molecule has 1 saturated heterocycles. The molecule has 0 N–H and O–H groups in total. The van der Waals surface area contributed by atoms with Gasteiger partial charge < -0.3 is 9.32 Å². The molecule has 0 saturated carbocycles. The summed E-state index contributed by atoms with van der Waals surface area (Å²) in [6.45, 7) is 3.23. The number of amides is 1. The van der Waals surface area contributed by atoms with Crippen molar-refractivity contribution < 1.29 is 9.21 Å². The highest BCUT2D eigenvalue weighted by molar-refractivity contribution is 5.94. The Hall–Kier alpha value is -2.95. The molecule has 4 rings (SSSR count). The Morgan fingerprint density at radius 2 is 1.62 bits per heavy atom. The third kappa shape index (κ3) is 3.38. The van der Waals surface area contributed by atoms with Crippen LogP contribution in [0.2, 0.25) is 0 Å². The van der Waals surface area contributed by atoms with E-state index >= 15 is 0 Å². The van der Waals surface area contributed by atoms with Gasteiger partial charge in [0.25, 0.3) is 5.91 Å². The van der Waals surface area contributed by atoms with Crippen molar-refractivity contribution in [1.82, 2.24) is 15.1 Å². The van der Waals surface area contributed by atoms with E-state index in [4.69, 9.17) is 4.42 Å². The third-order valence-corrected chi connectivity index (χ3v) is 4.91. The number of rotatable bonds is 3. The van der Waals surface area contributed by atoms with Crippen LogP contribution >= 0.6 is 0 Å². The SMILES string of the molecule is Cc1nnc(C2CCN(C(=O)c3ccc(-c4ccccc4)cc3)CC2)o1. The summed E-state index contributed by atoms with van der Waals surface area (Å²) >= 11 is 0. The highest BCUT2D eigenvalue weighted by atomic mass is 16.4. The standard InChI is InChI=1S/C21H21N3O2/c1-15-22-23-20(26-15)18-11-13-24(14-12-18)21(25)19-9-7-17(8-10-19)16-5-3-2-4-6-16/h2-10,18H,11-14H2,1H3. The van der Waals surface area contributed by atoms with Crippen LogP contribution in [0.3, 0.4) is 0 Å². The second-order valence-electron chi connectivity index (χ2n) is 6.67. The van der Waals surface area contributed by atoms with Crippen LogP contribution in [-0.4, -0.2) is 34.1 Å². The molecule has 2 aromatic carbocycles. The molecular weight excluding hydrogens is 326 g/mol. The Balaban J connectivity index is 1.40. The zero-order valence-electron chi connectivity index (χ0n) is 14.8. The van der Waals surface area contributed by atoms with Crippen molar-refractivity contribution in [2.24, 2.45) is 0 Å². The Morgan fingerprint density at radius 3 is 2.23 bits per heavy atom. The molecule has 5 heteroatoms.